The van der Waals surface area contributed by atoms with Crippen molar-refractivity contribution >= 4 is 23.3 Å². The normalized spacial score (nSPS) is 21.0. The largest absolute Gasteiger partial charge is 0.507 e. The molecule has 1 aromatic carbocycles. The van der Waals surface area contributed by atoms with Crippen LogP contribution in [0.4, 0.5) is 0 Å². The first-order valence-electron chi connectivity index (χ1n) is 9.71. The van der Waals surface area contributed by atoms with Gasteiger partial charge in [-0.15, -0.1) is 0 Å². The molecule has 0 saturated heterocycles. The maximum absolute atomic E-state index is 13.5. The second kappa shape index (κ2) is 7.57. The Balaban J connectivity index is 2.13. The fourth-order valence-electron chi connectivity index (χ4n) is 3.94. The first kappa shape index (κ1) is 22.1. The summed E-state index contributed by atoms with van der Waals surface area (Å²) < 4.78 is 5.70. The van der Waals surface area contributed by atoms with Crippen LogP contribution >= 0.6 is 0 Å². The number of amides is 1. The van der Waals surface area contributed by atoms with Crippen LogP contribution in [0.15, 0.2) is 23.1 Å². The van der Waals surface area contributed by atoms with Crippen molar-refractivity contribution in [1.82, 2.24) is 10.6 Å². The summed E-state index contributed by atoms with van der Waals surface area (Å²) in [6.07, 6.45) is 1.16. The predicted molar refractivity (Wildman–Crippen MR) is 110 cm³/mol. The molecule has 0 bridgehead atoms. The van der Waals surface area contributed by atoms with Crippen molar-refractivity contribution in [1.29, 1.82) is 0 Å². The zero-order valence-electron chi connectivity index (χ0n) is 17.9. The minimum atomic E-state index is -1.55. The quantitative estimate of drug-likeness (QED) is 0.238. The Labute approximate surface area is 178 Å². The van der Waals surface area contributed by atoms with Crippen LogP contribution in [0.25, 0.3) is 0 Å². The van der Waals surface area contributed by atoms with Crippen molar-refractivity contribution in [3.05, 3.63) is 39.8 Å². The van der Waals surface area contributed by atoms with Gasteiger partial charge in [-0.25, -0.2) is 0 Å². The molecule has 31 heavy (non-hydrogen) atoms. The molecule has 0 radical (unpaired) electrons. The zero-order valence-corrected chi connectivity index (χ0v) is 17.9. The monoisotopic (exact) mass is 428 g/mol. The second-order valence-corrected chi connectivity index (χ2v) is 7.80. The Morgan fingerprint density at radius 3 is 2.26 bits per heavy atom. The van der Waals surface area contributed by atoms with Gasteiger partial charge in [0.15, 0.2) is 17.3 Å². The lowest BCUT2D eigenvalue weighted by molar-refractivity contribution is -0.124. The number of benzene rings is 1. The molecule has 1 heterocycles. The summed E-state index contributed by atoms with van der Waals surface area (Å²) in [4.78, 5) is 49.4. The second-order valence-electron chi connectivity index (χ2n) is 7.80. The Kier molecular flexibility index (Phi) is 5.39. The highest BCUT2D eigenvalue weighted by Crippen LogP contribution is 2.57. The number of fused-ring (bicyclic) bond motifs is 3. The lowest BCUT2D eigenvalue weighted by atomic mass is 9.70. The molecule has 164 valence electrons. The van der Waals surface area contributed by atoms with E-state index in [-0.39, 0.29) is 45.4 Å². The van der Waals surface area contributed by atoms with E-state index in [1.54, 1.807) is 6.92 Å². The molecule has 2 aliphatic rings. The summed E-state index contributed by atoms with van der Waals surface area (Å²) in [5.74, 6) is -2.85. The van der Waals surface area contributed by atoms with Gasteiger partial charge in [-0.05, 0) is 27.7 Å². The number of hydrogen-bond acceptors (Lipinski definition) is 8. The Bertz CT molecular complexity index is 1110. The van der Waals surface area contributed by atoms with Crippen LogP contribution in [0.2, 0.25) is 0 Å². The summed E-state index contributed by atoms with van der Waals surface area (Å²) in [7, 11) is 0. The fraction of sp³-hybridized carbons (Fsp3) is 0.364. The van der Waals surface area contributed by atoms with Gasteiger partial charge in [0.1, 0.15) is 34.0 Å². The molecule has 1 atom stereocenters. The maximum Gasteiger partial charge on any atom is 0.216 e. The SMILES string of the molecule is CC(=O)NCCNC(C)=C1C(=O)C=C2Oc3c(C(C)=O)c(O)c(C)c(O)c3[C@@]2(C)C1=O. The van der Waals surface area contributed by atoms with Crippen LogP contribution in [0, 0.1) is 6.92 Å². The number of Topliss-reactive ketones (excluding diaryl/α,β-unsaturated/α-hetero) is 2. The molecule has 3 rings (SSSR count). The fourth-order valence-corrected chi connectivity index (χ4v) is 3.94. The van der Waals surface area contributed by atoms with E-state index in [9.17, 15) is 29.4 Å². The minimum Gasteiger partial charge on any atom is -0.507 e. The van der Waals surface area contributed by atoms with Gasteiger partial charge in [-0.2, -0.15) is 0 Å². The summed E-state index contributed by atoms with van der Waals surface area (Å²) >= 11 is 0. The maximum atomic E-state index is 13.5. The van der Waals surface area contributed by atoms with E-state index >= 15 is 0 Å². The van der Waals surface area contributed by atoms with Crippen molar-refractivity contribution in [2.75, 3.05) is 13.1 Å². The van der Waals surface area contributed by atoms with E-state index < -0.39 is 28.5 Å². The number of ketones is 3. The van der Waals surface area contributed by atoms with Gasteiger partial charge in [0, 0.05) is 37.3 Å². The van der Waals surface area contributed by atoms with Crippen LogP contribution in [0.5, 0.6) is 17.2 Å². The number of ether oxygens (including phenoxy) is 1. The number of allylic oxidation sites excluding steroid dienone is 4. The van der Waals surface area contributed by atoms with Crippen LogP contribution in [-0.4, -0.2) is 46.6 Å². The Morgan fingerprint density at radius 2 is 1.68 bits per heavy atom. The molecule has 0 fully saturated rings. The van der Waals surface area contributed by atoms with Gasteiger partial charge < -0.3 is 25.6 Å². The van der Waals surface area contributed by atoms with Crippen LogP contribution in [-0.2, 0) is 19.8 Å². The molecular weight excluding hydrogens is 404 g/mol. The van der Waals surface area contributed by atoms with Crippen molar-refractivity contribution in [2.24, 2.45) is 0 Å². The highest BCUT2D eigenvalue weighted by atomic mass is 16.5. The first-order chi connectivity index (χ1) is 14.4. The highest BCUT2D eigenvalue weighted by molar-refractivity contribution is 6.31. The van der Waals surface area contributed by atoms with Crippen molar-refractivity contribution in [3.8, 4) is 17.2 Å². The number of rotatable bonds is 5. The van der Waals surface area contributed by atoms with Crippen LogP contribution in [0.3, 0.4) is 0 Å². The summed E-state index contributed by atoms with van der Waals surface area (Å²) in [5.41, 5.74) is -1.42. The summed E-state index contributed by atoms with van der Waals surface area (Å²) in [5, 5.41) is 26.7. The predicted octanol–water partition coefficient (Wildman–Crippen LogP) is 1.29. The molecule has 1 aliphatic heterocycles. The molecule has 1 amide bonds. The molecule has 0 saturated carbocycles. The topological polar surface area (TPSA) is 142 Å². The number of nitrogens with one attached hydrogen (secondary N) is 2. The molecule has 0 aromatic heterocycles. The number of hydrogen-bond donors (Lipinski definition) is 4. The molecular formula is C22H24N2O7. The minimum absolute atomic E-state index is 0.0184. The lowest BCUT2D eigenvalue weighted by Gasteiger charge is -2.29. The third-order valence-electron chi connectivity index (χ3n) is 5.65. The van der Waals surface area contributed by atoms with Gasteiger partial charge >= 0.3 is 0 Å². The Hall–Kier alpha value is -3.62. The van der Waals surface area contributed by atoms with Crippen molar-refractivity contribution in [3.63, 3.8) is 0 Å². The van der Waals surface area contributed by atoms with E-state index in [1.165, 1.54) is 27.7 Å². The van der Waals surface area contributed by atoms with Gasteiger partial charge in [0.05, 0.1) is 11.1 Å². The first-order valence-corrected chi connectivity index (χ1v) is 9.71. The van der Waals surface area contributed by atoms with E-state index in [2.05, 4.69) is 10.6 Å². The van der Waals surface area contributed by atoms with Crippen molar-refractivity contribution in [2.45, 2.75) is 40.0 Å². The third-order valence-corrected chi connectivity index (χ3v) is 5.65. The van der Waals surface area contributed by atoms with E-state index in [0.29, 0.717) is 18.8 Å². The number of aromatic hydroxyl groups is 2. The Morgan fingerprint density at radius 1 is 1.06 bits per heavy atom. The smallest absolute Gasteiger partial charge is 0.216 e. The van der Waals surface area contributed by atoms with Crippen molar-refractivity contribution < 1.29 is 34.1 Å². The summed E-state index contributed by atoms with van der Waals surface area (Å²) in [6.45, 7) is 7.70. The molecule has 1 aromatic rings. The molecule has 1 aliphatic carbocycles. The number of phenols is 2. The zero-order chi connectivity index (χ0) is 23.2. The molecule has 0 unspecified atom stereocenters. The van der Waals surface area contributed by atoms with E-state index in [1.807, 2.05) is 0 Å². The number of phenolic OH excluding ortho intramolecular Hbond substituents is 2. The van der Waals surface area contributed by atoms with Crippen LogP contribution < -0.4 is 15.4 Å². The number of carbonyl (C=O) groups is 4. The van der Waals surface area contributed by atoms with E-state index in [4.69, 9.17) is 4.74 Å². The highest BCUT2D eigenvalue weighted by Gasteiger charge is 2.56. The lowest BCUT2D eigenvalue weighted by Crippen LogP contribution is -2.41. The standard InChI is InChI=1S/C22H24N2O7/c1-9-18(28)16(11(3)25)20-17(19(9)29)22(5)14(31-20)8-13(27)15(21(22)30)10(2)23-6-7-24-12(4)26/h8,23,28-29H,6-7H2,1-5H3,(H,24,26)/t22-/m0/s1. The summed E-state index contributed by atoms with van der Waals surface area (Å²) in [6, 6.07) is 0. The van der Waals surface area contributed by atoms with Gasteiger partial charge in [-0.3, -0.25) is 19.2 Å². The molecule has 9 nitrogen and oxygen atoms in total. The molecule has 4 N–H and O–H groups in total. The average Bonchev–Trinajstić information content (AvgIpc) is 2.96. The average molecular weight is 428 g/mol. The number of carbonyl (C=O) groups excluding carboxylic acids is 4. The van der Waals surface area contributed by atoms with Crippen LogP contribution in [0.1, 0.15) is 49.2 Å². The molecule has 0 spiro atoms. The van der Waals surface area contributed by atoms with Gasteiger partial charge in [0.25, 0.3) is 0 Å². The van der Waals surface area contributed by atoms with E-state index in [0.717, 1.165) is 6.08 Å². The van der Waals surface area contributed by atoms with Gasteiger partial charge in [-0.1, -0.05) is 0 Å². The molecule has 9 heteroatoms. The third kappa shape index (κ3) is 3.26. The van der Waals surface area contributed by atoms with Gasteiger partial charge in [0.2, 0.25) is 5.91 Å².